The number of amides is 1. The van der Waals surface area contributed by atoms with E-state index in [9.17, 15) is 9.18 Å². The van der Waals surface area contributed by atoms with Gasteiger partial charge in [0.15, 0.2) is 5.82 Å². The third-order valence-electron chi connectivity index (χ3n) is 2.35. The zero-order valence-electron chi connectivity index (χ0n) is 10.4. The molecular formula is C12H11FN6O. The van der Waals surface area contributed by atoms with Crippen LogP contribution in [-0.2, 0) is 6.54 Å². The van der Waals surface area contributed by atoms with E-state index in [4.69, 9.17) is 5.73 Å². The number of aromatic amines is 1. The van der Waals surface area contributed by atoms with Crippen molar-refractivity contribution in [1.82, 2.24) is 25.9 Å². The van der Waals surface area contributed by atoms with Crippen molar-refractivity contribution in [1.29, 1.82) is 0 Å². The van der Waals surface area contributed by atoms with Gasteiger partial charge in [0.25, 0.3) is 5.91 Å². The van der Waals surface area contributed by atoms with Gasteiger partial charge < -0.3 is 11.1 Å². The molecule has 0 saturated heterocycles. The zero-order chi connectivity index (χ0) is 14.4. The van der Waals surface area contributed by atoms with Crippen LogP contribution >= 0.6 is 0 Å². The van der Waals surface area contributed by atoms with Gasteiger partial charge in [0, 0.05) is 5.56 Å². The smallest absolute Gasteiger partial charge is 0.251 e. The van der Waals surface area contributed by atoms with Crippen molar-refractivity contribution in [3.63, 3.8) is 0 Å². The number of halogens is 1. The molecule has 2 aromatic rings. The monoisotopic (exact) mass is 274 g/mol. The molecular weight excluding hydrogens is 263 g/mol. The first-order valence-electron chi connectivity index (χ1n) is 5.69. The Morgan fingerprint density at radius 2 is 2.35 bits per heavy atom. The molecule has 0 saturated carbocycles. The Morgan fingerprint density at radius 3 is 3.00 bits per heavy atom. The van der Waals surface area contributed by atoms with Crippen molar-refractivity contribution in [2.75, 3.05) is 6.54 Å². The minimum absolute atomic E-state index is 0.103. The first-order chi connectivity index (χ1) is 9.70. The van der Waals surface area contributed by atoms with Gasteiger partial charge in [-0.3, -0.25) is 4.79 Å². The number of rotatable bonds is 3. The van der Waals surface area contributed by atoms with E-state index in [0.29, 0.717) is 5.82 Å². The molecule has 7 nitrogen and oxygen atoms in total. The summed E-state index contributed by atoms with van der Waals surface area (Å²) in [6, 6.07) is 4.03. The maximum absolute atomic E-state index is 13.7. The summed E-state index contributed by atoms with van der Waals surface area (Å²) >= 11 is 0. The highest BCUT2D eigenvalue weighted by Gasteiger charge is 2.09. The number of carbonyl (C=O) groups excluding carboxylic acids is 1. The lowest BCUT2D eigenvalue weighted by Gasteiger charge is -2.03. The van der Waals surface area contributed by atoms with Crippen molar-refractivity contribution >= 4 is 5.91 Å². The third-order valence-corrected chi connectivity index (χ3v) is 2.35. The fourth-order valence-corrected chi connectivity index (χ4v) is 1.42. The molecule has 0 aliphatic heterocycles. The number of carbonyl (C=O) groups is 1. The number of H-pyrrole nitrogens is 1. The lowest BCUT2D eigenvalue weighted by molar-refractivity contribution is 0.0949. The van der Waals surface area contributed by atoms with E-state index in [2.05, 4.69) is 37.8 Å². The highest BCUT2D eigenvalue weighted by molar-refractivity contribution is 5.94. The van der Waals surface area contributed by atoms with E-state index in [1.807, 2.05) is 0 Å². The minimum atomic E-state index is -0.571. The number of hydrogen-bond acceptors (Lipinski definition) is 5. The second-order valence-electron chi connectivity index (χ2n) is 3.71. The average Bonchev–Trinajstić information content (AvgIpc) is 2.96. The van der Waals surface area contributed by atoms with E-state index in [-0.39, 0.29) is 24.2 Å². The normalized spacial score (nSPS) is 9.70. The fourth-order valence-electron chi connectivity index (χ4n) is 1.42. The van der Waals surface area contributed by atoms with Crippen LogP contribution in [0.15, 0.2) is 18.2 Å². The molecule has 4 N–H and O–H groups in total. The van der Waals surface area contributed by atoms with Crippen LogP contribution < -0.4 is 11.1 Å². The molecule has 2 rings (SSSR count). The maximum Gasteiger partial charge on any atom is 0.251 e. The van der Waals surface area contributed by atoms with Gasteiger partial charge >= 0.3 is 0 Å². The SMILES string of the molecule is NCC#Cc1ccc(C(=O)NCc2nn[nH]n2)cc1F. The predicted octanol–water partition coefficient (Wildman–Crippen LogP) is -0.421. The minimum Gasteiger partial charge on any atom is -0.345 e. The van der Waals surface area contributed by atoms with E-state index < -0.39 is 11.7 Å². The lowest BCUT2D eigenvalue weighted by atomic mass is 10.1. The van der Waals surface area contributed by atoms with Crippen LogP contribution in [0.25, 0.3) is 0 Å². The summed E-state index contributed by atoms with van der Waals surface area (Å²) in [4.78, 5) is 11.8. The number of benzene rings is 1. The van der Waals surface area contributed by atoms with Crippen molar-refractivity contribution in [3.05, 3.63) is 41.0 Å². The Morgan fingerprint density at radius 1 is 1.50 bits per heavy atom. The fraction of sp³-hybridized carbons (Fsp3) is 0.167. The van der Waals surface area contributed by atoms with Gasteiger partial charge in [-0.1, -0.05) is 17.1 Å². The maximum atomic E-state index is 13.7. The van der Waals surface area contributed by atoms with E-state index in [1.165, 1.54) is 12.1 Å². The number of hydrogen-bond donors (Lipinski definition) is 3. The molecule has 0 unspecified atom stereocenters. The molecule has 0 bridgehead atoms. The standard InChI is InChI=1S/C12H11FN6O/c13-10-6-9(4-3-8(10)2-1-5-14)12(20)15-7-11-16-18-19-17-11/h3-4,6H,5,7,14H2,(H,15,20)(H,16,17,18,19). The molecule has 1 amide bonds. The van der Waals surface area contributed by atoms with Crippen LogP contribution in [0.2, 0.25) is 0 Å². The average molecular weight is 274 g/mol. The van der Waals surface area contributed by atoms with Gasteiger partial charge in [0.05, 0.1) is 18.7 Å². The Balaban J connectivity index is 2.05. The summed E-state index contributed by atoms with van der Waals surface area (Å²) in [5.41, 5.74) is 5.59. The largest absolute Gasteiger partial charge is 0.345 e. The van der Waals surface area contributed by atoms with Gasteiger partial charge in [0.1, 0.15) is 5.82 Å². The molecule has 1 aromatic heterocycles. The first kappa shape index (κ1) is 13.6. The second-order valence-corrected chi connectivity index (χ2v) is 3.71. The third kappa shape index (κ3) is 3.37. The molecule has 0 fully saturated rings. The van der Waals surface area contributed by atoms with Crippen LogP contribution in [0.4, 0.5) is 4.39 Å². The second kappa shape index (κ2) is 6.40. The van der Waals surface area contributed by atoms with E-state index in [0.717, 1.165) is 6.07 Å². The molecule has 0 aliphatic rings. The Kier molecular flexibility index (Phi) is 4.36. The summed E-state index contributed by atoms with van der Waals surface area (Å²) in [5.74, 6) is 4.46. The lowest BCUT2D eigenvalue weighted by Crippen LogP contribution is -2.23. The van der Waals surface area contributed by atoms with Gasteiger partial charge in [-0.25, -0.2) is 4.39 Å². The molecule has 1 heterocycles. The van der Waals surface area contributed by atoms with Crippen LogP contribution in [0.5, 0.6) is 0 Å². The number of aromatic nitrogens is 4. The van der Waals surface area contributed by atoms with Gasteiger partial charge in [0.2, 0.25) is 0 Å². The highest BCUT2D eigenvalue weighted by atomic mass is 19.1. The molecule has 1 aromatic carbocycles. The summed E-state index contributed by atoms with van der Waals surface area (Å²) in [5, 5.41) is 15.5. The molecule has 102 valence electrons. The molecule has 20 heavy (non-hydrogen) atoms. The molecule has 8 heteroatoms. The van der Waals surface area contributed by atoms with Crippen molar-refractivity contribution in [3.8, 4) is 11.8 Å². The first-order valence-corrected chi connectivity index (χ1v) is 5.69. The van der Waals surface area contributed by atoms with Crippen molar-refractivity contribution in [2.24, 2.45) is 5.73 Å². The van der Waals surface area contributed by atoms with Crippen LogP contribution in [-0.4, -0.2) is 33.1 Å². The Hall–Kier alpha value is -2.79. The van der Waals surface area contributed by atoms with E-state index >= 15 is 0 Å². The van der Waals surface area contributed by atoms with Gasteiger partial charge in [-0.2, -0.15) is 5.21 Å². The Bertz CT molecular complexity index is 658. The van der Waals surface area contributed by atoms with Crippen LogP contribution in [0.1, 0.15) is 21.7 Å². The predicted molar refractivity (Wildman–Crippen MR) is 67.7 cm³/mol. The molecule has 0 radical (unpaired) electrons. The number of tetrazole rings is 1. The van der Waals surface area contributed by atoms with Gasteiger partial charge in [-0.05, 0) is 18.2 Å². The summed E-state index contributed by atoms with van der Waals surface area (Å²) in [7, 11) is 0. The zero-order valence-corrected chi connectivity index (χ0v) is 10.4. The molecule has 0 spiro atoms. The Labute approximate surface area is 113 Å². The van der Waals surface area contributed by atoms with Crippen molar-refractivity contribution < 1.29 is 9.18 Å². The number of nitrogens with one attached hydrogen (secondary N) is 2. The van der Waals surface area contributed by atoms with Crippen molar-refractivity contribution in [2.45, 2.75) is 6.54 Å². The van der Waals surface area contributed by atoms with Gasteiger partial charge in [-0.15, -0.1) is 10.2 Å². The summed E-state index contributed by atoms with van der Waals surface area (Å²) in [6.07, 6.45) is 0. The number of nitrogens with two attached hydrogens (primary N) is 1. The quantitative estimate of drug-likeness (QED) is 0.658. The molecule has 0 aliphatic carbocycles. The van der Waals surface area contributed by atoms with Crippen LogP contribution in [0.3, 0.4) is 0 Å². The molecule has 0 atom stereocenters. The highest BCUT2D eigenvalue weighted by Crippen LogP contribution is 2.09. The van der Waals surface area contributed by atoms with Crippen LogP contribution in [0, 0.1) is 17.7 Å². The summed E-state index contributed by atoms with van der Waals surface area (Å²) < 4.78 is 13.7. The topological polar surface area (TPSA) is 110 Å². The summed E-state index contributed by atoms with van der Waals surface area (Å²) in [6.45, 7) is 0.248. The van der Waals surface area contributed by atoms with E-state index in [1.54, 1.807) is 0 Å². The number of nitrogens with zero attached hydrogens (tertiary/aromatic N) is 3.